The van der Waals surface area contributed by atoms with Crippen molar-refractivity contribution >= 4 is 50.2 Å². The Morgan fingerprint density at radius 3 is 2.17 bits per heavy atom. The van der Waals surface area contributed by atoms with Gasteiger partial charge in [0.05, 0.1) is 22.7 Å². The van der Waals surface area contributed by atoms with E-state index >= 15 is 0 Å². The number of hydrogen-bond donors (Lipinski definition) is 2. The third kappa shape index (κ3) is 6.52. The molecule has 3 aromatic rings. The fraction of sp³-hybridized carbons (Fsp3) is 0.267. The normalized spacial score (nSPS) is 14.0. The first-order chi connectivity index (χ1) is 19.1. The molecule has 0 atom stereocenters. The number of para-hydroxylation sites is 1. The number of fused-ring (bicyclic) bond motifs is 1. The monoisotopic (exact) mass is 561 g/mol. The maximum atomic E-state index is 13.0. The third-order valence-electron chi connectivity index (χ3n) is 6.70. The van der Waals surface area contributed by atoms with Gasteiger partial charge in [0.25, 0.3) is 5.91 Å². The molecule has 40 heavy (non-hydrogen) atoms. The molecule has 0 saturated carbocycles. The van der Waals surface area contributed by atoms with Crippen LogP contribution >= 0.6 is 0 Å². The molecular formula is C30H35N5O4S. The number of rotatable bonds is 11. The van der Waals surface area contributed by atoms with Crippen molar-refractivity contribution in [3.63, 3.8) is 0 Å². The van der Waals surface area contributed by atoms with E-state index in [2.05, 4.69) is 10.6 Å². The minimum atomic E-state index is -3.71. The zero-order valence-corrected chi connectivity index (χ0v) is 24.0. The lowest BCUT2D eigenvalue weighted by atomic mass is 10.00. The summed E-state index contributed by atoms with van der Waals surface area (Å²) in [7, 11) is 1.79. The molecule has 0 aromatic heterocycles. The summed E-state index contributed by atoms with van der Waals surface area (Å²) in [4.78, 5) is 29.4. The van der Waals surface area contributed by atoms with Crippen molar-refractivity contribution in [3.8, 4) is 0 Å². The van der Waals surface area contributed by atoms with Crippen LogP contribution in [-0.4, -0.2) is 76.6 Å². The Kier molecular flexibility index (Phi) is 8.91. The molecular weight excluding hydrogens is 526 g/mol. The van der Waals surface area contributed by atoms with Crippen LogP contribution in [0.2, 0.25) is 0 Å². The predicted octanol–water partition coefficient (Wildman–Crippen LogP) is 3.80. The summed E-state index contributed by atoms with van der Waals surface area (Å²) in [5.41, 5.74) is 4.57. The van der Waals surface area contributed by atoms with E-state index in [0.717, 1.165) is 21.1 Å². The molecule has 2 N–H and O–H groups in total. The SMILES string of the molecule is CCS(=O)(=O)N(CC(=O)N(C)CCN(C)C)c1ccc(NC(=C2C(=O)Nc3ccccc32)c2ccccc2)cc1. The second kappa shape index (κ2) is 12.4. The molecule has 0 fully saturated rings. The lowest BCUT2D eigenvalue weighted by Crippen LogP contribution is -2.43. The van der Waals surface area contributed by atoms with Crippen LogP contribution in [0.1, 0.15) is 18.1 Å². The highest BCUT2D eigenvalue weighted by Crippen LogP contribution is 2.37. The molecule has 1 aliphatic rings. The molecule has 1 heterocycles. The molecule has 3 aromatic carbocycles. The Morgan fingerprint density at radius 2 is 1.52 bits per heavy atom. The number of sulfonamides is 1. The maximum absolute atomic E-state index is 13.0. The summed E-state index contributed by atoms with van der Waals surface area (Å²) in [5, 5.41) is 6.31. The Labute approximate surface area is 236 Å². The van der Waals surface area contributed by atoms with Crippen molar-refractivity contribution in [1.82, 2.24) is 9.80 Å². The van der Waals surface area contributed by atoms with Gasteiger partial charge in [0.1, 0.15) is 6.54 Å². The molecule has 0 saturated heterocycles. The highest BCUT2D eigenvalue weighted by atomic mass is 32.2. The van der Waals surface area contributed by atoms with Gasteiger partial charge in [-0.3, -0.25) is 13.9 Å². The highest BCUT2D eigenvalue weighted by molar-refractivity contribution is 7.92. The standard InChI is InChI=1S/C30H35N5O4S/c1-5-40(38,39)35(21-27(36)34(4)20-19-33(2)3)24-17-15-23(16-18-24)31-29(22-11-7-6-8-12-22)28-25-13-9-10-14-26(25)32-30(28)37/h6-18,31H,5,19-21H2,1-4H3,(H,32,37). The summed E-state index contributed by atoms with van der Waals surface area (Å²) < 4.78 is 27.1. The number of anilines is 3. The van der Waals surface area contributed by atoms with Gasteiger partial charge in [-0.25, -0.2) is 8.42 Å². The molecule has 1 aliphatic heterocycles. The first-order valence-corrected chi connectivity index (χ1v) is 14.7. The number of amides is 2. The summed E-state index contributed by atoms with van der Waals surface area (Å²) in [5.74, 6) is -0.634. The second-order valence-corrected chi connectivity index (χ2v) is 12.0. The van der Waals surface area contributed by atoms with Crippen molar-refractivity contribution in [2.45, 2.75) is 6.92 Å². The van der Waals surface area contributed by atoms with Gasteiger partial charge in [0.15, 0.2) is 0 Å². The molecule has 0 bridgehead atoms. The lowest BCUT2D eigenvalue weighted by molar-refractivity contribution is -0.128. The van der Waals surface area contributed by atoms with E-state index in [-0.39, 0.29) is 24.1 Å². The largest absolute Gasteiger partial charge is 0.354 e. The van der Waals surface area contributed by atoms with E-state index in [0.29, 0.717) is 35.7 Å². The predicted molar refractivity (Wildman–Crippen MR) is 161 cm³/mol. The zero-order valence-electron chi connectivity index (χ0n) is 23.2. The Morgan fingerprint density at radius 1 is 0.875 bits per heavy atom. The van der Waals surface area contributed by atoms with Crippen LogP contribution in [0.25, 0.3) is 11.3 Å². The van der Waals surface area contributed by atoms with Crippen molar-refractivity contribution in [2.75, 3.05) is 61.5 Å². The average molecular weight is 562 g/mol. The van der Waals surface area contributed by atoms with E-state index in [1.807, 2.05) is 73.6 Å². The molecule has 0 spiro atoms. The van der Waals surface area contributed by atoms with Crippen LogP contribution in [-0.2, 0) is 19.6 Å². The highest BCUT2D eigenvalue weighted by Gasteiger charge is 2.28. The minimum Gasteiger partial charge on any atom is -0.354 e. The van der Waals surface area contributed by atoms with Crippen molar-refractivity contribution in [2.24, 2.45) is 0 Å². The van der Waals surface area contributed by atoms with E-state index in [9.17, 15) is 18.0 Å². The Balaban J connectivity index is 1.65. The van der Waals surface area contributed by atoms with Gasteiger partial charge < -0.3 is 20.4 Å². The number of likely N-dealkylation sites (N-methyl/N-ethyl adjacent to an activating group) is 2. The van der Waals surface area contributed by atoms with Gasteiger partial charge in [-0.2, -0.15) is 0 Å². The summed E-state index contributed by atoms with van der Waals surface area (Å²) in [6.07, 6.45) is 0. The first-order valence-electron chi connectivity index (χ1n) is 13.1. The van der Waals surface area contributed by atoms with E-state index in [4.69, 9.17) is 0 Å². The Bertz CT molecular complexity index is 1500. The van der Waals surface area contributed by atoms with Gasteiger partial charge in [0, 0.05) is 37.1 Å². The molecule has 4 rings (SSSR count). The number of benzene rings is 3. The number of nitrogens with zero attached hydrogens (tertiary/aromatic N) is 3. The lowest BCUT2D eigenvalue weighted by Gasteiger charge is -2.27. The van der Waals surface area contributed by atoms with Gasteiger partial charge in [-0.15, -0.1) is 0 Å². The van der Waals surface area contributed by atoms with Crippen LogP contribution in [0.3, 0.4) is 0 Å². The van der Waals surface area contributed by atoms with Gasteiger partial charge in [-0.1, -0.05) is 48.5 Å². The van der Waals surface area contributed by atoms with Crippen LogP contribution < -0.4 is 14.9 Å². The van der Waals surface area contributed by atoms with E-state index < -0.39 is 10.0 Å². The number of hydrogen-bond acceptors (Lipinski definition) is 6. The third-order valence-corrected chi connectivity index (χ3v) is 8.44. The molecule has 9 nitrogen and oxygen atoms in total. The first kappa shape index (κ1) is 28.8. The second-order valence-electron chi connectivity index (χ2n) is 9.81. The summed E-state index contributed by atoms with van der Waals surface area (Å²) in [6, 6.07) is 23.9. The summed E-state index contributed by atoms with van der Waals surface area (Å²) >= 11 is 0. The smallest absolute Gasteiger partial charge is 0.258 e. The fourth-order valence-corrected chi connectivity index (χ4v) is 5.39. The molecule has 0 radical (unpaired) electrons. The number of nitrogens with one attached hydrogen (secondary N) is 2. The average Bonchev–Trinajstić information content (AvgIpc) is 3.29. The quantitative estimate of drug-likeness (QED) is 0.346. The van der Waals surface area contributed by atoms with Crippen LogP contribution in [0.15, 0.2) is 78.9 Å². The fourth-order valence-electron chi connectivity index (χ4n) is 4.33. The zero-order chi connectivity index (χ0) is 28.9. The van der Waals surface area contributed by atoms with Crippen molar-refractivity contribution in [3.05, 3.63) is 90.0 Å². The Hall–Kier alpha value is -4.15. The van der Waals surface area contributed by atoms with E-state index in [1.165, 1.54) is 4.90 Å². The van der Waals surface area contributed by atoms with E-state index in [1.54, 1.807) is 38.2 Å². The van der Waals surface area contributed by atoms with Gasteiger partial charge in [0.2, 0.25) is 15.9 Å². The van der Waals surface area contributed by atoms with Gasteiger partial charge >= 0.3 is 0 Å². The van der Waals surface area contributed by atoms with Crippen LogP contribution in [0.4, 0.5) is 17.1 Å². The molecule has 0 unspecified atom stereocenters. The van der Waals surface area contributed by atoms with Crippen LogP contribution in [0.5, 0.6) is 0 Å². The van der Waals surface area contributed by atoms with Gasteiger partial charge in [-0.05, 0) is 56.9 Å². The number of carbonyl (C=O) groups is 2. The maximum Gasteiger partial charge on any atom is 0.258 e. The van der Waals surface area contributed by atoms with Crippen LogP contribution in [0, 0.1) is 0 Å². The summed E-state index contributed by atoms with van der Waals surface area (Å²) in [6.45, 7) is 2.43. The molecule has 210 valence electrons. The molecule has 2 amide bonds. The van der Waals surface area contributed by atoms with Crippen molar-refractivity contribution in [1.29, 1.82) is 0 Å². The van der Waals surface area contributed by atoms with Crippen molar-refractivity contribution < 1.29 is 18.0 Å². The number of carbonyl (C=O) groups excluding carboxylic acids is 2. The molecule has 10 heteroatoms. The molecule has 0 aliphatic carbocycles. The minimum absolute atomic E-state index is 0.138. The topological polar surface area (TPSA) is 102 Å².